The number of methoxy groups -OCH3 is 2. The van der Waals surface area contributed by atoms with Crippen LogP contribution in [0.3, 0.4) is 0 Å². The van der Waals surface area contributed by atoms with E-state index < -0.39 is 0 Å². The van der Waals surface area contributed by atoms with Crippen molar-refractivity contribution >= 4 is 6.21 Å². The van der Waals surface area contributed by atoms with Crippen molar-refractivity contribution in [3.8, 4) is 11.5 Å². The van der Waals surface area contributed by atoms with E-state index in [4.69, 9.17) is 9.47 Å². The quantitative estimate of drug-likeness (QED) is 0.767. The van der Waals surface area contributed by atoms with Crippen LogP contribution >= 0.6 is 0 Å². The van der Waals surface area contributed by atoms with E-state index in [1.807, 2.05) is 54.7 Å². The van der Waals surface area contributed by atoms with Gasteiger partial charge in [-0.2, -0.15) is 0 Å². The average molecular weight is 255 g/mol. The average Bonchev–Trinajstić information content (AvgIpc) is 2.48. The normalized spacial score (nSPS) is 10.6. The minimum Gasteiger partial charge on any atom is -0.497 e. The second-order valence-corrected chi connectivity index (χ2v) is 4.09. The first-order valence-corrected chi connectivity index (χ1v) is 6.08. The third-order valence-electron chi connectivity index (χ3n) is 2.77. The lowest BCUT2D eigenvalue weighted by atomic mass is 10.2. The van der Waals surface area contributed by atoms with Crippen LogP contribution < -0.4 is 9.47 Å². The smallest absolute Gasteiger partial charge is 0.119 e. The molecule has 0 aliphatic carbocycles. The fourth-order valence-corrected chi connectivity index (χ4v) is 1.71. The van der Waals surface area contributed by atoms with E-state index in [1.54, 1.807) is 14.2 Å². The highest BCUT2D eigenvalue weighted by molar-refractivity contribution is 5.80. The second-order valence-electron chi connectivity index (χ2n) is 4.09. The van der Waals surface area contributed by atoms with Gasteiger partial charge >= 0.3 is 0 Å². The summed E-state index contributed by atoms with van der Waals surface area (Å²) >= 11 is 0. The first-order valence-electron chi connectivity index (χ1n) is 6.08. The van der Waals surface area contributed by atoms with Crippen molar-refractivity contribution < 1.29 is 9.47 Å². The first kappa shape index (κ1) is 13.1. The topological polar surface area (TPSA) is 30.8 Å². The van der Waals surface area contributed by atoms with Crippen molar-refractivity contribution in [1.82, 2.24) is 0 Å². The Morgan fingerprint density at radius 1 is 0.947 bits per heavy atom. The van der Waals surface area contributed by atoms with Crippen molar-refractivity contribution in [1.29, 1.82) is 0 Å². The zero-order valence-electron chi connectivity index (χ0n) is 11.2. The van der Waals surface area contributed by atoms with Gasteiger partial charge in [0, 0.05) is 6.21 Å². The highest BCUT2D eigenvalue weighted by Gasteiger charge is 1.94. The van der Waals surface area contributed by atoms with E-state index >= 15 is 0 Å². The third-order valence-corrected chi connectivity index (χ3v) is 2.77. The Hall–Kier alpha value is -2.29. The largest absolute Gasteiger partial charge is 0.497 e. The third kappa shape index (κ3) is 3.85. The number of nitrogens with zero attached hydrogens (tertiary/aromatic N) is 1. The molecule has 0 saturated carbocycles. The molecule has 0 amide bonds. The SMILES string of the molecule is COc1ccc(CN=Cc2cccc(OC)c2)cc1. The van der Waals surface area contributed by atoms with E-state index in [1.165, 1.54) is 0 Å². The Morgan fingerprint density at radius 3 is 2.37 bits per heavy atom. The molecule has 0 saturated heterocycles. The molecule has 0 spiro atoms. The van der Waals surface area contributed by atoms with Gasteiger partial charge in [0.1, 0.15) is 11.5 Å². The summed E-state index contributed by atoms with van der Waals surface area (Å²) in [4.78, 5) is 4.42. The fourth-order valence-electron chi connectivity index (χ4n) is 1.71. The van der Waals surface area contributed by atoms with Crippen LogP contribution in [-0.2, 0) is 6.54 Å². The maximum absolute atomic E-state index is 5.17. The number of aliphatic imine (C=N–C) groups is 1. The van der Waals surface area contributed by atoms with E-state index in [2.05, 4.69) is 4.99 Å². The van der Waals surface area contributed by atoms with Crippen molar-refractivity contribution in [2.75, 3.05) is 14.2 Å². The molecule has 0 bridgehead atoms. The Kier molecular flexibility index (Phi) is 4.56. The summed E-state index contributed by atoms with van der Waals surface area (Å²) in [6.07, 6.45) is 1.85. The van der Waals surface area contributed by atoms with Gasteiger partial charge in [0.15, 0.2) is 0 Å². The minimum absolute atomic E-state index is 0.654. The van der Waals surface area contributed by atoms with Crippen LogP contribution in [0.25, 0.3) is 0 Å². The predicted octanol–water partition coefficient (Wildman–Crippen LogP) is 3.32. The molecular weight excluding hydrogens is 238 g/mol. The predicted molar refractivity (Wildman–Crippen MR) is 77.3 cm³/mol. The number of hydrogen-bond donors (Lipinski definition) is 0. The molecule has 0 atom stereocenters. The molecule has 2 aromatic carbocycles. The lowest BCUT2D eigenvalue weighted by molar-refractivity contribution is 0.414. The molecule has 3 heteroatoms. The lowest BCUT2D eigenvalue weighted by Crippen LogP contribution is -1.88. The highest BCUT2D eigenvalue weighted by Crippen LogP contribution is 2.13. The number of rotatable bonds is 5. The molecule has 0 aliphatic rings. The van der Waals surface area contributed by atoms with Gasteiger partial charge in [-0.3, -0.25) is 4.99 Å². The van der Waals surface area contributed by atoms with Gasteiger partial charge in [-0.25, -0.2) is 0 Å². The van der Waals surface area contributed by atoms with E-state index in [-0.39, 0.29) is 0 Å². The van der Waals surface area contributed by atoms with Crippen LogP contribution in [0.1, 0.15) is 11.1 Å². The van der Waals surface area contributed by atoms with Gasteiger partial charge in [0.2, 0.25) is 0 Å². The Morgan fingerprint density at radius 2 is 1.68 bits per heavy atom. The molecule has 3 nitrogen and oxygen atoms in total. The monoisotopic (exact) mass is 255 g/mol. The van der Waals surface area contributed by atoms with Crippen LogP contribution in [0, 0.1) is 0 Å². The summed E-state index contributed by atoms with van der Waals surface area (Å²) in [7, 11) is 3.32. The molecule has 0 N–H and O–H groups in total. The Labute approximate surface area is 113 Å². The van der Waals surface area contributed by atoms with E-state index in [0.717, 1.165) is 22.6 Å². The molecule has 0 radical (unpaired) electrons. The zero-order chi connectivity index (χ0) is 13.5. The summed E-state index contributed by atoms with van der Waals surface area (Å²) in [6.45, 7) is 0.654. The Bertz CT molecular complexity index is 547. The minimum atomic E-state index is 0.654. The second kappa shape index (κ2) is 6.59. The summed E-state index contributed by atoms with van der Waals surface area (Å²) in [5.74, 6) is 1.70. The van der Waals surface area contributed by atoms with Crippen molar-refractivity contribution in [2.45, 2.75) is 6.54 Å². The fraction of sp³-hybridized carbons (Fsp3) is 0.188. The van der Waals surface area contributed by atoms with E-state index in [9.17, 15) is 0 Å². The molecule has 0 fully saturated rings. The molecule has 2 rings (SSSR count). The lowest BCUT2D eigenvalue weighted by Gasteiger charge is -2.01. The van der Waals surface area contributed by atoms with Gasteiger partial charge in [0.25, 0.3) is 0 Å². The molecule has 19 heavy (non-hydrogen) atoms. The molecule has 98 valence electrons. The molecule has 0 aliphatic heterocycles. The summed E-state index contributed by atoms with van der Waals surface area (Å²) < 4.78 is 10.3. The Balaban J connectivity index is 1.98. The maximum Gasteiger partial charge on any atom is 0.119 e. The molecule has 0 unspecified atom stereocenters. The van der Waals surface area contributed by atoms with E-state index in [0.29, 0.717) is 6.54 Å². The van der Waals surface area contributed by atoms with Crippen LogP contribution in [0.2, 0.25) is 0 Å². The van der Waals surface area contributed by atoms with Crippen molar-refractivity contribution in [2.24, 2.45) is 4.99 Å². The van der Waals surface area contributed by atoms with Crippen LogP contribution in [0.5, 0.6) is 11.5 Å². The summed E-state index contributed by atoms with van der Waals surface area (Å²) in [5.41, 5.74) is 2.19. The van der Waals surface area contributed by atoms with Crippen LogP contribution in [0.15, 0.2) is 53.5 Å². The van der Waals surface area contributed by atoms with Gasteiger partial charge in [0.05, 0.1) is 20.8 Å². The van der Waals surface area contributed by atoms with Gasteiger partial charge in [-0.15, -0.1) is 0 Å². The standard InChI is InChI=1S/C16H17NO2/c1-18-15-8-6-13(7-9-15)11-17-12-14-4-3-5-16(10-14)19-2/h3-10,12H,11H2,1-2H3. The highest BCUT2D eigenvalue weighted by atomic mass is 16.5. The zero-order valence-corrected chi connectivity index (χ0v) is 11.2. The first-order chi connectivity index (χ1) is 9.31. The van der Waals surface area contributed by atoms with Crippen LogP contribution in [0.4, 0.5) is 0 Å². The number of hydrogen-bond acceptors (Lipinski definition) is 3. The van der Waals surface area contributed by atoms with Gasteiger partial charge < -0.3 is 9.47 Å². The van der Waals surface area contributed by atoms with Gasteiger partial charge in [-0.1, -0.05) is 24.3 Å². The van der Waals surface area contributed by atoms with Crippen LogP contribution in [-0.4, -0.2) is 20.4 Å². The summed E-state index contributed by atoms with van der Waals surface area (Å²) in [5, 5.41) is 0. The molecular formula is C16H17NO2. The van der Waals surface area contributed by atoms with Crippen molar-refractivity contribution in [3.05, 3.63) is 59.7 Å². The maximum atomic E-state index is 5.17. The summed E-state index contributed by atoms with van der Waals surface area (Å²) in [6, 6.07) is 15.7. The molecule has 2 aromatic rings. The molecule has 0 aromatic heterocycles. The van der Waals surface area contributed by atoms with Crippen molar-refractivity contribution in [3.63, 3.8) is 0 Å². The van der Waals surface area contributed by atoms with Gasteiger partial charge in [-0.05, 0) is 35.4 Å². The molecule has 0 heterocycles. The number of benzene rings is 2. The number of ether oxygens (including phenoxy) is 2.